The van der Waals surface area contributed by atoms with Gasteiger partial charge in [0.2, 0.25) is 11.8 Å². The minimum absolute atomic E-state index is 0. The van der Waals surface area contributed by atoms with Crippen LogP contribution in [0.2, 0.25) is 0 Å². The van der Waals surface area contributed by atoms with Crippen LogP contribution in [-0.2, 0) is 9.59 Å². The van der Waals surface area contributed by atoms with E-state index in [0.717, 1.165) is 0 Å². The molecule has 0 aliphatic heterocycles. The zero-order chi connectivity index (χ0) is 15.6. The van der Waals surface area contributed by atoms with E-state index < -0.39 is 5.97 Å². The minimum Gasteiger partial charge on any atom is -1.00 e. The molecule has 0 saturated heterocycles. The van der Waals surface area contributed by atoms with Crippen LogP contribution in [0.3, 0.4) is 0 Å². The van der Waals surface area contributed by atoms with Crippen molar-refractivity contribution in [2.75, 3.05) is 10.6 Å². The fourth-order valence-electron chi connectivity index (χ4n) is 1.42. The summed E-state index contributed by atoms with van der Waals surface area (Å²) in [4.78, 5) is 33.9. The number of aromatic carboxylic acids is 1. The van der Waals surface area contributed by atoms with Crippen LogP contribution in [0.15, 0.2) is 0 Å². The zero-order valence-corrected chi connectivity index (χ0v) is 25.2. The molecule has 0 atom stereocenters. The predicted molar refractivity (Wildman–Crippen MR) is 100 cm³/mol. The third-order valence-corrected chi connectivity index (χ3v) is 5.37. The van der Waals surface area contributed by atoms with E-state index in [9.17, 15) is 19.5 Å². The third kappa shape index (κ3) is 6.81. The summed E-state index contributed by atoms with van der Waals surface area (Å²) in [5.41, 5.74) is 0.833. The van der Waals surface area contributed by atoms with Gasteiger partial charge in [-0.05, 0) is 67.8 Å². The summed E-state index contributed by atoms with van der Waals surface area (Å²) in [5.74, 6) is -1.74. The number of benzene rings is 1. The summed E-state index contributed by atoms with van der Waals surface area (Å²) in [6.07, 6.45) is 0. The molecule has 1 aromatic carbocycles. The van der Waals surface area contributed by atoms with E-state index in [2.05, 4.69) is 10.6 Å². The molecular weight excluding hydrogens is 773 g/mol. The molecular formula is C11H9ClCsI3N2O4. The molecule has 116 valence electrons. The Bertz CT molecular complexity index is 585. The topological polar surface area (TPSA) is 95.5 Å². The number of amides is 2. The fraction of sp³-hybridized carbons (Fsp3) is 0.182. The van der Waals surface area contributed by atoms with E-state index in [4.69, 9.17) is 0 Å². The quantitative estimate of drug-likeness (QED) is 0.288. The monoisotopic (exact) mass is 782 g/mol. The van der Waals surface area contributed by atoms with Crippen molar-refractivity contribution in [3.8, 4) is 0 Å². The molecule has 1 rings (SSSR count). The van der Waals surface area contributed by atoms with Crippen LogP contribution in [0, 0.1) is 10.7 Å². The first-order chi connectivity index (χ1) is 9.16. The summed E-state index contributed by atoms with van der Waals surface area (Å²) in [6.45, 7) is 2.67. The Morgan fingerprint density at radius 3 is 1.41 bits per heavy atom. The van der Waals surface area contributed by atoms with Gasteiger partial charge < -0.3 is 28.1 Å². The SMILES string of the molecule is CC(=O)Nc1c(I)c(NC(C)=O)c(I)c(C(=O)O)c1I.[Cl-].[Cs+]. The van der Waals surface area contributed by atoms with Gasteiger partial charge in [-0.25, -0.2) is 4.79 Å². The predicted octanol–water partition coefficient (Wildman–Crippen LogP) is -2.88. The van der Waals surface area contributed by atoms with Crippen molar-refractivity contribution in [2.45, 2.75) is 13.8 Å². The van der Waals surface area contributed by atoms with Gasteiger partial charge in [-0.15, -0.1) is 0 Å². The molecule has 0 radical (unpaired) electrons. The van der Waals surface area contributed by atoms with E-state index >= 15 is 0 Å². The number of anilines is 2. The van der Waals surface area contributed by atoms with Gasteiger partial charge in [-0.3, -0.25) is 9.59 Å². The number of halogens is 4. The first-order valence-electron chi connectivity index (χ1n) is 5.15. The van der Waals surface area contributed by atoms with Gasteiger partial charge in [-0.1, -0.05) is 0 Å². The summed E-state index contributed by atoms with van der Waals surface area (Å²) in [5, 5.41) is 14.5. The number of hydrogen-bond acceptors (Lipinski definition) is 3. The molecule has 22 heavy (non-hydrogen) atoms. The average molecular weight is 782 g/mol. The second-order valence-corrected chi connectivity index (χ2v) is 6.97. The van der Waals surface area contributed by atoms with E-state index in [1.54, 1.807) is 0 Å². The molecule has 0 aliphatic rings. The molecule has 6 nitrogen and oxygen atoms in total. The van der Waals surface area contributed by atoms with Gasteiger partial charge in [-0.2, -0.15) is 0 Å². The number of rotatable bonds is 3. The smallest absolute Gasteiger partial charge is 1.00 e. The Morgan fingerprint density at radius 2 is 1.18 bits per heavy atom. The van der Waals surface area contributed by atoms with Crippen LogP contribution >= 0.6 is 67.8 Å². The maximum absolute atomic E-state index is 11.4. The molecule has 0 saturated carbocycles. The van der Waals surface area contributed by atoms with Crippen LogP contribution in [0.25, 0.3) is 0 Å². The van der Waals surface area contributed by atoms with Crippen molar-refractivity contribution < 1.29 is 101 Å². The molecule has 1 aromatic rings. The molecule has 11 heteroatoms. The number of carbonyl (C=O) groups excluding carboxylic acids is 2. The second kappa shape index (κ2) is 11.7. The van der Waals surface area contributed by atoms with Crippen molar-refractivity contribution in [1.82, 2.24) is 0 Å². The maximum Gasteiger partial charge on any atom is 1.00 e. The number of carbonyl (C=O) groups is 3. The van der Waals surface area contributed by atoms with Crippen LogP contribution < -0.4 is 91.9 Å². The van der Waals surface area contributed by atoms with Crippen LogP contribution in [0.5, 0.6) is 0 Å². The summed E-state index contributed by atoms with van der Waals surface area (Å²) in [6, 6.07) is 0. The Hall–Kier alpha value is 2.16. The van der Waals surface area contributed by atoms with Crippen molar-refractivity contribution in [3.63, 3.8) is 0 Å². The maximum atomic E-state index is 11.4. The Morgan fingerprint density at radius 1 is 0.864 bits per heavy atom. The molecule has 0 heterocycles. The summed E-state index contributed by atoms with van der Waals surface area (Å²) >= 11 is 5.71. The molecule has 0 aromatic heterocycles. The van der Waals surface area contributed by atoms with Crippen LogP contribution in [0.1, 0.15) is 24.2 Å². The van der Waals surface area contributed by atoms with Crippen LogP contribution in [0.4, 0.5) is 11.4 Å². The zero-order valence-electron chi connectivity index (χ0n) is 11.7. The van der Waals surface area contributed by atoms with Crippen LogP contribution in [-0.4, -0.2) is 22.9 Å². The van der Waals surface area contributed by atoms with Gasteiger partial charge >= 0.3 is 74.9 Å². The van der Waals surface area contributed by atoms with Crippen molar-refractivity contribution >= 4 is 96.9 Å². The first kappa shape index (κ1) is 26.4. The largest absolute Gasteiger partial charge is 1.00 e. The van der Waals surface area contributed by atoms with Gasteiger partial charge in [0.1, 0.15) is 0 Å². The van der Waals surface area contributed by atoms with E-state index in [-0.39, 0.29) is 98.7 Å². The fourth-order valence-corrected chi connectivity index (χ4v) is 5.59. The van der Waals surface area contributed by atoms with E-state index in [1.807, 2.05) is 67.8 Å². The number of nitrogens with one attached hydrogen (secondary N) is 2. The van der Waals surface area contributed by atoms with E-state index in [1.165, 1.54) is 13.8 Å². The minimum atomic E-state index is -1.12. The Labute approximate surface area is 233 Å². The third-order valence-electron chi connectivity index (χ3n) is 2.13. The molecule has 0 fully saturated rings. The molecule has 0 unspecified atom stereocenters. The summed E-state index contributed by atoms with van der Waals surface area (Å²) < 4.78 is 1.44. The van der Waals surface area contributed by atoms with Gasteiger partial charge in [0.05, 0.1) is 27.6 Å². The second-order valence-electron chi connectivity index (χ2n) is 3.73. The number of hydrogen-bond donors (Lipinski definition) is 3. The van der Waals surface area contributed by atoms with Gasteiger partial charge in [0, 0.05) is 13.8 Å². The standard InChI is InChI=1S/C11H9I3N2O4.ClH.Cs/c1-3(17)15-9-6(12)5(11(19)20)7(13)10(8(9)14)16-4(2)18;;/h1-2H3,(H,15,17)(H,16,18)(H,19,20);1H;/q;;+1/p-1. The Balaban J connectivity index is 0. The first-order valence-corrected chi connectivity index (χ1v) is 8.39. The molecule has 3 N–H and O–H groups in total. The average Bonchev–Trinajstić information content (AvgIpc) is 2.29. The molecule has 0 spiro atoms. The van der Waals surface area contributed by atoms with Crippen molar-refractivity contribution in [1.29, 1.82) is 0 Å². The molecule has 0 aliphatic carbocycles. The van der Waals surface area contributed by atoms with E-state index in [0.29, 0.717) is 22.1 Å². The number of carboxylic acids is 1. The Kier molecular flexibility index (Phi) is 14.1. The van der Waals surface area contributed by atoms with Gasteiger partial charge in [0.25, 0.3) is 0 Å². The van der Waals surface area contributed by atoms with Crippen molar-refractivity contribution in [3.05, 3.63) is 16.3 Å². The normalized spacial score (nSPS) is 9.14. The molecule has 0 bridgehead atoms. The van der Waals surface area contributed by atoms with Gasteiger partial charge in [0.15, 0.2) is 0 Å². The molecule has 2 amide bonds. The summed E-state index contributed by atoms with van der Waals surface area (Å²) in [7, 11) is 0. The van der Waals surface area contributed by atoms with Crippen molar-refractivity contribution in [2.24, 2.45) is 0 Å². The number of carboxylic acid groups (broad SMARTS) is 1.